The Balaban J connectivity index is 1.94. The minimum atomic E-state index is -4.48. The average Bonchev–Trinajstić information content (AvgIpc) is 3.12. The summed E-state index contributed by atoms with van der Waals surface area (Å²) in [6.07, 6.45) is -3.09. The number of alkyl halides is 3. The van der Waals surface area contributed by atoms with Gasteiger partial charge < -0.3 is 4.57 Å². The molecule has 178 valence electrons. The molecular weight excluding hydrogens is 537 g/mol. The van der Waals surface area contributed by atoms with Gasteiger partial charge in [-0.15, -0.1) is 0 Å². The van der Waals surface area contributed by atoms with Crippen molar-refractivity contribution >= 4 is 36.9 Å². The Morgan fingerprint density at radius 2 is 1.68 bits per heavy atom. The van der Waals surface area contributed by atoms with E-state index in [1.165, 1.54) is 35.9 Å². The third kappa shape index (κ3) is 4.05. The van der Waals surface area contributed by atoms with Crippen molar-refractivity contribution in [3.8, 4) is 22.6 Å². The van der Waals surface area contributed by atoms with Crippen molar-refractivity contribution in [3.05, 3.63) is 63.0 Å². The van der Waals surface area contributed by atoms with Crippen LogP contribution in [0.2, 0.25) is 0 Å². The zero-order chi connectivity index (χ0) is 25.0. The normalized spacial score (nSPS) is 12.4. The van der Waals surface area contributed by atoms with Gasteiger partial charge in [-0.3, -0.25) is 14.3 Å². The Labute approximate surface area is 200 Å². The number of aromatic nitrogens is 4. The van der Waals surface area contributed by atoms with Crippen LogP contribution in [0.4, 0.5) is 13.2 Å². The number of fused-ring (bicyclic) bond motifs is 1. The predicted molar refractivity (Wildman–Crippen MR) is 125 cm³/mol. The van der Waals surface area contributed by atoms with Crippen molar-refractivity contribution in [3.63, 3.8) is 0 Å². The second-order valence-electron chi connectivity index (χ2n) is 7.61. The molecule has 0 fully saturated rings. The number of sulfone groups is 1. The largest absolute Gasteiger partial charge is 0.416 e. The fraction of sp³-hybridized carbons (Fsp3) is 0.227. The highest BCUT2D eigenvalue weighted by molar-refractivity contribution is 9.10. The van der Waals surface area contributed by atoms with Gasteiger partial charge in [0.1, 0.15) is 16.9 Å². The molecule has 0 bridgehead atoms. The Kier molecular flexibility index (Phi) is 5.93. The summed E-state index contributed by atoms with van der Waals surface area (Å²) >= 11 is 3.20. The van der Waals surface area contributed by atoms with Crippen molar-refractivity contribution in [2.75, 3.05) is 5.75 Å². The summed E-state index contributed by atoms with van der Waals surface area (Å²) in [4.78, 5) is 21.1. The molecule has 0 aliphatic heterocycles. The van der Waals surface area contributed by atoms with Crippen molar-refractivity contribution in [1.82, 2.24) is 19.1 Å². The van der Waals surface area contributed by atoms with E-state index in [2.05, 4.69) is 25.9 Å². The number of imidazole rings is 1. The predicted octanol–water partition coefficient (Wildman–Crippen LogP) is 4.58. The molecule has 0 unspecified atom stereocenters. The summed E-state index contributed by atoms with van der Waals surface area (Å²) in [5.41, 5.74) is 0.651. The minimum Gasteiger partial charge on any atom is -0.312 e. The maximum Gasteiger partial charge on any atom is 0.416 e. The maximum absolute atomic E-state index is 13.0. The third-order valence-corrected chi connectivity index (χ3v) is 7.82. The minimum absolute atomic E-state index is 0.0831. The molecule has 0 saturated carbocycles. The van der Waals surface area contributed by atoms with E-state index in [0.29, 0.717) is 26.8 Å². The van der Waals surface area contributed by atoms with Gasteiger partial charge in [0, 0.05) is 25.9 Å². The molecule has 3 aromatic heterocycles. The number of benzene rings is 1. The van der Waals surface area contributed by atoms with Crippen LogP contribution >= 0.6 is 15.9 Å². The van der Waals surface area contributed by atoms with Gasteiger partial charge in [0.05, 0.1) is 20.7 Å². The molecular formula is C22H18BrF3N4O3S. The fourth-order valence-corrected chi connectivity index (χ4v) is 5.21. The number of pyridine rings is 2. The highest BCUT2D eigenvalue weighted by Gasteiger charge is 2.30. The van der Waals surface area contributed by atoms with E-state index in [-0.39, 0.29) is 27.7 Å². The molecule has 7 nitrogen and oxygen atoms in total. The Bertz CT molecular complexity index is 1590. The van der Waals surface area contributed by atoms with Crippen LogP contribution in [-0.2, 0) is 30.1 Å². The summed E-state index contributed by atoms with van der Waals surface area (Å²) in [6.45, 7) is 1.49. The van der Waals surface area contributed by atoms with Crippen molar-refractivity contribution in [1.29, 1.82) is 0 Å². The van der Waals surface area contributed by atoms with Crippen molar-refractivity contribution in [2.45, 2.75) is 18.0 Å². The molecule has 0 atom stereocenters. The number of nitrogens with zero attached hydrogens (tertiary/aromatic N) is 4. The lowest BCUT2D eigenvalue weighted by molar-refractivity contribution is -0.137. The van der Waals surface area contributed by atoms with Gasteiger partial charge in [-0.05, 0) is 45.8 Å². The highest BCUT2D eigenvalue weighted by Crippen LogP contribution is 2.34. The highest BCUT2D eigenvalue weighted by atomic mass is 79.9. The van der Waals surface area contributed by atoms with Crippen LogP contribution in [0.5, 0.6) is 0 Å². The van der Waals surface area contributed by atoms with E-state index in [4.69, 9.17) is 0 Å². The smallest absolute Gasteiger partial charge is 0.312 e. The zero-order valence-electron chi connectivity index (χ0n) is 18.2. The standard InChI is InChI=1S/C22H18BrF3N4O3S/c1-4-34(32,33)17-9-13(12-5-7-14(8-6-12)22(24,25)26)11-27-18(17)19-28-16-10-15(23)21(31)30(3)20(16)29(19)2/h5-11H,4H2,1-3H3. The van der Waals surface area contributed by atoms with Crippen LogP contribution in [0.3, 0.4) is 0 Å². The van der Waals surface area contributed by atoms with Gasteiger partial charge in [-0.1, -0.05) is 19.1 Å². The van der Waals surface area contributed by atoms with Gasteiger partial charge in [0.2, 0.25) is 0 Å². The monoisotopic (exact) mass is 554 g/mol. The maximum atomic E-state index is 13.0. The molecule has 0 saturated heterocycles. The first-order valence-corrected chi connectivity index (χ1v) is 12.4. The number of hydrogen-bond acceptors (Lipinski definition) is 5. The topological polar surface area (TPSA) is 86.9 Å². The van der Waals surface area contributed by atoms with Crippen LogP contribution < -0.4 is 5.56 Å². The number of hydrogen-bond donors (Lipinski definition) is 0. The Morgan fingerprint density at radius 1 is 1.03 bits per heavy atom. The van der Waals surface area contributed by atoms with Crippen LogP contribution in [0.1, 0.15) is 12.5 Å². The van der Waals surface area contributed by atoms with Gasteiger partial charge >= 0.3 is 6.18 Å². The number of halogens is 4. The number of aryl methyl sites for hydroxylation is 2. The lowest BCUT2D eigenvalue weighted by Gasteiger charge is -2.12. The first kappa shape index (κ1) is 24.1. The molecule has 34 heavy (non-hydrogen) atoms. The molecule has 0 spiro atoms. The van der Waals surface area contributed by atoms with E-state index < -0.39 is 21.6 Å². The van der Waals surface area contributed by atoms with Crippen LogP contribution in [-0.4, -0.2) is 33.3 Å². The lowest BCUT2D eigenvalue weighted by atomic mass is 10.0. The lowest BCUT2D eigenvalue weighted by Crippen LogP contribution is -2.19. The van der Waals surface area contributed by atoms with E-state index in [1.54, 1.807) is 24.7 Å². The second-order valence-corrected chi connectivity index (χ2v) is 10.7. The molecule has 0 aliphatic rings. The summed E-state index contributed by atoms with van der Waals surface area (Å²) in [5, 5.41) is 0. The van der Waals surface area contributed by atoms with Crippen molar-refractivity contribution < 1.29 is 21.6 Å². The van der Waals surface area contributed by atoms with Gasteiger partial charge in [0.25, 0.3) is 5.56 Å². The third-order valence-electron chi connectivity index (χ3n) is 5.51. The van der Waals surface area contributed by atoms with Crippen molar-refractivity contribution in [2.24, 2.45) is 14.1 Å². The first-order chi connectivity index (χ1) is 15.8. The summed E-state index contributed by atoms with van der Waals surface area (Å²) in [6, 6.07) is 7.33. The fourth-order valence-electron chi connectivity index (χ4n) is 3.67. The summed E-state index contributed by atoms with van der Waals surface area (Å²) < 4.78 is 68.0. The van der Waals surface area contributed by atoms with Gasteiger partial charge in [-0.25, -0.2) is 13.4 Å². The van der Waals surface area contributed by atoms with E-state index in [9.17, 15) is 26.4 Å². The number of rotatable bonds is 4. The molecule has 0 N–H and O–H groups in total. The van der Waals surface area contributed by atoms with E-state index in [0.717, 1.165) is 12.1 Å². The van der Waals surface area contributed by atoms with Crippen LogP contribution in [0.15, 0.2) is 56.8 Å². The first-order valence-electron chi connectivity index (χ1n) is 9.98. The molecule has 1 aromatic carbocycles. The molecule has 0 amide bonds. The second kappa shape index (κ2) is 8.35. The summed E-state index contributed by atoms with van der Waals surface area (Å²) in [5.74, 6) is 0.0145. The molecule has 0 aliphatic carbocycles. The van der Waals surface area contributed by atoms with Crippen LogP contribution in [0.25, 0.3) is 33.8 Å². The van der Waals surface area contributed by atoms with Crippen LogP contribution in [0, 0.1) is 0 Å². The van der Waals surface area contributed by atoms with E-state index in [1.807, 2.05) is 0 Å². The van der Waals surface area contributed by atoms with E-state index >= 15 is 0 Å². The summed E-state index contributed by atoms with van der Waals surface area (Å²) in [7, 11) is -0.573. The SMILES string of the molecule is CCS(=O)(=O)c1cc(-c2ccc(C(F)(F)F)cc2)cnc1-c1nc2cc(Br)c(=O)n(C)c2n1C. The quantitative estimate of drug-likeness (QED) is 0.368. The Morgan fingerprint density at radius 3 is 2.26 bits per heavy atom. The van der Waals surface area contributed by atoms with Gasteiger partial charge in [0.15, 0.2) is 15.7 Å². The average molecular weight is 555 g/mol. The molecule has 12 heteroatoms. The molecule has 0 radical (unpaired) electrons. The molecule has 4 aromatic rings. The zero-order valence-corrected chi connectivity index (χ0v) is 20.6. The molecule has 3 heterocycles. The Hall–Kier alpha value is -2.99. The van der Waals surface area contributed by atoms with Gasteiger partial charge in [-0.2, -0.15) is 13.2 Å². The molecule has 4 rings (SSSR count).